The van der Waals surface area contributed by atoms with E-state index in [0.717, 1.165) is 23.2 Å². The summed E-state index contributed by atoms with van der Waals surface area (Å²) in [6, 6.07) is 7.41. The van der Waals surface area contributed by atoms with Crippen LogP contribution in [0.5, 0.6) is 0 Å². The standard InChI is InChI=1S/C19H24N2O2/c1-11(22)20-16-3-2-4-17(10-16)21-19(23)18-14-6-12-5-13(8-14)9-15(18)7-12/h2-4,10,12-15,18H,5-9H2,1H3,(H,20,22)(H,21,23). The molecule has 122 valence electrons. The lowest BCUT2D eigenvalue weighted by molar-refractivity contribution is -0.132. The molecule has 5 rings (SSSR count). The van der Waals surface area contributed by atoms with Crippen LogP contribution in [0.25, 0.3) is 0 Å². The van der Waals surface area contributed by atoms with Gasteiger partial charge in [0.15, 0.2) is 0 Å². The molecule has 23 heavy (non-hydrogen) atoms. The second-order valence-electron chi connectivity index (χ2n) is 7.71. The van der Waals surface area contributed by atoms with Gasteiger partial charge in [-0.15, -0.1) is 0 Å². The van der Waals surface area contributed by atoms with Crippen LogP contribution in [0.3, 0.4) is 0 Å². The summed E-state index contributed by atoms with van der Waals surface area (Å²) in [6.07, 6.45) is 6.39. The molecule has 1 aromatic rings. The highest BCUT2D eigenvalue weighted by atomic mass is 16.2. The molecule has 4 heteroatoms. The first-order valence-corrected chi connectivity index (χ1v) is 8.77. The fourth-order valence-electron chi connectivity index (χ4n) is 5.46. The molecule has 0 heterocycles. The van der Waals surface area contributed by atoms with Gasteiger partial charge < -0.3 is 10.6 Å². The van der Waals surface area contributed by atoms with Gasteiger partial charge in [-0.1, -0.05) is 6.07 Å². The molecule has 4 saturated carbocycles. The molecule has 4 aliphatic carbocycles. The molecule has 0 aliphatic heterocycles. The minimum atomic E-state index is -0.102. The summed E-state index contributed by atoms with van der Waals surface area (Å²) >= 11 is 0. The summed E-state index contributed by atoms with van der Waals surface area (Å²) in [5.74, 6) is 3.20. The summed E-state index contributed by atoms with van der Waals surface area (Å²) < 4.78 is 0. The molecule has 2 N–H and O–H groups in total. The van der Waals surface area contributed by atoms with E-state index in [9.17, 15) is 9.59 Å². The minimum Gasteiger partial charge on any atom is -0.326 e. The van der Waals surface area contributed by atoms with E-state index in [1.54, 1.807) is 0 Å². The maximum absolute atomic E-state index is 12.8. The second-order valence-corrected chi connectivity index (χ2v) is 7.71. The number of carbonyl (C=O) groups excluding carboxylic acids is 2. The zero-order valence-corrected chi connectivity index (χ0v) is 13.5. The maximum atomic E-state index is 12.8. The Morgan fingerprint density at radius 1 is 0.913 bits per heavy atom. The predicted molar refractivity (Wildman–Crippen MR) is 89.9 cm³/mol. The number of carbonyl (C=O) groups is 2. The van der Waals surface area contributed by atoms with E-state index in [0.29, 0.717) is 11.8 Å². The van der Waals surface area contributed by atoms with Crippen molar-refractivity contribution in [1.82, 2.24) is 0 Å². The Morgan fingerprint density at radius 3 is 2.04 bits per heavy atom. The van der Waals surface area contributed by atoms with E-state index in [1.165, 1.54) is 39.0 Å². The highest BCUT2D eigenvalue weighted by molar-refractivity contribution is 5.95. The lowest BCUT2D eigenvalue weighted by Crippen LogP contribution is -2.49. The van der Waals surface area contributed by atoms with Gasteiger partial charge in [0.05, 0.1) is 0 Å². The Morgan fingerprint density at radius 2 is 1.48 bits per heavy atom. The number of hydrogen-bond acceptors (Lipinski definition) is 2. The number of anilines is 2. The second kappa shape index (κ2) is 5.66. The van der Waals surface area contributed by atoms with E-state index in [2.05, 4.69) is 10.6 Å². The monoisotopic (exact) mass is 312 g/mol. The van der Waals surface area contributed by atoms with Crippen molar-refractivity contribution in [2.45, 2.75) is 39.0 Å². The predicted octanol–water partition coefficient (Wildman–Crippen LogP) is 3.66. The van der Waals surface area contributed by atoms with Gasteiger partial charge in [-0.25, -0.2) is 0 Å². The van der Waals surface area contributed by atoms with Crippen LogP contribution in [-0.4, -0.2) is 11.8 Å². The molecule has 4 nitrogen and oxygen atoms in total. The van der Waals surface area contributed by atoms with E-state index >= 15 is 0 Å². The van der Waals surface area contributed by atoms with Crippen molar-refractivity contribution in [3.8, 4) is 0 Å². The lowest BCUT2D eigenvalue weighted by Gasteiger charge is -2.53. The third-order valence-electron chi connectivity index (χ3n) is 5.98. The zero-order chi connectivity index (χ0) is 16.0. The van der Waals surface area contributed by atoms with Crippen molar-refractivity contribution < 1.29 is 9.59 Å². The topological polar surface area (TPSA) is 58.2 Å². The van der Waals surface area contributed by atoms with Crippen LogP contribution in [-0.2, 0) is 9.59 Å². The SMILES string of the molecule is CC(=O)Nc1cccc(NC(=O)C2C3CC4CC(C3)CC2C4)c1. The molecular weight excluding hydrogens is 288 g/mol. The number of nitrogens with one attached hydrogen (secondary N) is 2. The Kier molecular flexibility index (Phi) is 3.63. The summed E-state index contributed by atoms with van der Waals surface area (Å²) in [6.45, 7) is 1.49. The molecule has 0 atom stereocenters. The van der Waals surface area contributed by atoms with Gasteiger partial charge in [0.1, 0.15) is 0 Å². The number of benzene rings is 1. The molecule has 0 aromatic heterocycles. The third-order valence-corrected chi connectivity index (χ3v) is 5.98. The van der Waals surface area contributed by atoms with Crippen molar-refractivity contribution in [2.24, 2.45) is 29.6 Å². The average Bonchev–Trinajstić information content (AvgIpc) is 2.45. The van der Waals surface area contributed by atoms with Crippen LogP contribution in [0.1, 0.15) is 39.0 Å². The Labute approximate surface area is 137 Å². The van der Waals surface area contributed by atoms with Crippen LogP contribution in [0.15, 0.2) is 24.3 Å². The van der Waals surface area contributed by atoms with E-state index < -0.39 is 0 Å². The van der Waals surface area contributed by atoms with Crippen LogP contribution in [0.4, 0.5) is 11.4 Å². The lowest BCUT2D eigenvalue weighted by atomic mass is 9.51. The Balaban J connectivity index is 1.47. The summed E-state index contributed by atoms with van der Waals surface area (Å²) in [5.41, 5.74) is 1.50. The molecule has 0 radical (unpaired) electrons. The van der Waals surface area contributed by atoms with Crippen molar-refractivity contribution in [3.63, 3.8) is 0 Å². The van der Waals surface area contributed by atoms with Crippen molar-refractivity contribution >= 4 is 23.2 Å². The fraction of sp³-hybridized carbons (Fsp3) is 0.579. The molecule has 1 aromatic carbocycles. The number of rotatable bonds is 3. The highest BCUT2D eigenvalue weighted by Gasteiger charge is 2.50. The van der Waals surface area contributed by atoms with Gasteiger partial charge in [0.25, 0.3) is 0 Å². The fourth-order valence-corrected chi connectivity index (χ4v) is 5.46. The summed E-state index contributed by atoms with van der Waals surface area (Å²) in [4.78, 5) is 24.0. The molecule has 0 saturated heterocycles. The van der Waals surface area contributed by atoms with Gasteiger partial charge in [-0.05, 0) is 74.0 Å². The van der Waals surface area contributed by atoms with Crippen LogP contribution < -0.4 is 10.6 Å². The van der Waals surface area contributed by atoms with Crippen molar-refractivity contribution in [3.05, 3.63) is 24.3 Å². The quantitative estimate of drug-likeness (QED) is 0.895. The van der Waals surface area contributed by atoms with E-state index in [-0.39, 0.29) is 17.7 Å². The number of hydrogen-bond donors (Lipinski definition) is 2. The summed E-state index contributed by atoms with van der Waals surface area (Å²) in [5, 5.41) is 5.85. The molecule has 2 amide bonds. The molecule has 4 fully saturated rings. The first kappa shape index (κ1) is 14.7. The molecule has 0 unspecified atom stereocenters. The van der Waals surface area contributed by atoms with Gasteiger partial charge >= 0.3 is 0 Å². The Bertz CT molecular complexity index is 612. The Hall–Kier alpha value is -1.84. The third kappa shape index (κ3) is 2.87. The maximum Gasteiger partial charge on any atom is 0.228 e. The van der Waals surface area contributed by atoms with Crippen molar-refractivity contribution in [1.29, 1.82) is 0 Å². The van der Waals surface area contributed by atoms with Gasteiger partial charge in [0.2, 0.25) is 11.8 Å². The van der Waals surface area contributed by atoms with Gasteiger partial charge in [-0.3, -0.25) is 9.59 Å². The van der Waals surface area contributed by atoms with E-state index in [4.69, 9.17) is 0 Å². The van der Waals surface area contributed by atoms with Crippen LogP contribution in [0.2, 0.25) is 0 Å². The molecule has 4 bridgehead atoms. The smallest absolute Gasteiger partial charge is 0.228 e. The first-order valence-electron chi connectivity index (χ1n) is 8.77. The molecule has 4 aliphatic rings. The number of amides is 2. The normalized spacial score (nSPS) is 34.2. The first-order chi connectivity index (χ1) is 11.1. The molecule has 0 spiro atoms. The van der Waals surface area contributed by atoms with E-state index in [1.807, 2.05) is 24.3 Å². The van der Waals surface area contributed by atoms with Gasteiger partial charge in [-0.2, -0.15) is 0 Å². The minimum absolute atomic E-state index is 0.102. The highest BCUT2D eigenvalue weighted by Crippen LogP contribution is 2.56. The molecular formula is C19H24N2O2. The summed E-state index contributed by atoms with van der Waals surface area (Å²) in [7, 11) is 0. The zero-order valence-electron chi connectivity index (χ0n) is 13.5. The largest absolute Gasteiger partial charge is 0.326 e. The van der Waals surface area contributed by atoms with Crippen molar-refractivity contribution in [2.75, 3.05) is 10.6 Å². The average molecular weight is 312 g/mol. The van der Waals surface area contributed by atoms with Crippen LogP contribution in [0, 0.1) is 29.6 Å². The van der Waals surface area contributed by atoms with Crippen LogP contribution >= 0.6 is 0 Å². The van der Waals surface area contributed by atoms with Gasteiger partial charge in [0, 0.05) is 24.2 Å².